The number of fused-ring (bicyclic) bond motifs is 1. The topological polar surface area (TPSA) is 75.1 Å². The van der Waals surface area contributed by atoms with Crippen molar-refractivity contribution in [3.8, 4) is 0 Å². The van der Waals surface area contributed by atoms with E-state index in [4.69, 9.17) is 0 Å². The number of hydrogen-bond donors (Lipinski definition) is 2. The van der Waals surface area contributed by atoms with Crippen molar-refractivity contribution in [2.45, 2.75) is 26.8 Å². The van der Waals surface area contributed by atoms with Crippen molar-refractivity contribution in [2.75, 3.05) is 5.32 Å². The van der Waals surface area contributed by atoms with E-state index in [1.165, 1.54) is 16.1 Å². The molecule has 0 bridgehead atoms. The Kier molecular flexibility index (Phi) is 3.43. The van der Waals surface area contributed by atoms with Crippen LogP contribution in [0.2, 0.25) is 0 Å². The van der Waals surface area contributed by atoms with Gasteiger partial charge < -0.3 is 5.32 Å². The third kappa shape index (κ3) is 2.79. The lowest BCUT2D eigenvalue weighted by Crippen LogP contribution is -2.14. The Morgan fingerprint density at radius 3 is 2.71 bits per heavy atom. The Bertz CT molecular complexity index is 816. The maximum Gasteiger partial charge on any atom is 0.274 e. The molecule has 2 N–H and O–H groups in total. The van der Waals surface area contributed by atoms with Crippen molar-refractivity contribution in [3.05, 3.63) is 57.8 Å². The molecule has 0 aliphatic rings. The van der Waals surface area contributed by atoms with E-state index in [1.54, 1.807) is 6.92 Å². The second-order valence-corrected chi connectivity index (χ2v) is 4.95. The fourth-order valence-corrected chi connectivity index (χ4v) is 2.16. The van der Waals surface area contributed by atoms with E-state index in [9.17, 15) is 4.79 Å². The summed E-state index contributed by atoms with van der Waals surface area (Å²) in [6.07, 6.45) is 1.03. The summed E-state index contributed by atoms with van der Waals surface area (Å²) in [6, 6.07) is 9.74. The van der Waals surface area contributed by atoms with Crippen LogP contribution >= 0.6 is 0 Å². The van der Waals surface area contributed by atoms with Crippen molar-refractivity contribution in [2.24, 2.45) is 0 Å². The summed E-state index contributed by atoms with van der Waals surface area (Å²) in [5, 5.41) is 6.22. The van der Waals surface area contributed by atoms with Gasteiger partial charge in [0, 0.05) is 17.4 Å². The van der Waals surface area contributed by atoms with Gasteiger partial charge in [-0.1, -0.05) is 19.1 Å². The summed E-state index contributed by atoms with van der Waals surface area (Å²) in [5.41, 5.74) is 2.84. The standard InChI is InChI=1S/C15H17N5O/c1-3-11-4-6-12(7-5-11)16-9-13-18-15-17-10(2)8-14(21)20(15)19-13/h4-8,16H,3,9H2,1-2H3,(H,17,18,19). The molecule has 1 aromatic carbocycles. The molecule has 2 heterocycles. The van der Waals surface area contributed by atoms with E-state index in [2.05, 4.69) is 39.4 Å². The first-order valence-corrected chi connectivity index (χ1v) is 6.94. The molecule has 0 saturated heterocycles. The molecule has 0 fully saturated rings. The molecular formula is C15H17N5O. The molecule has 6 heteroatoms. The largest absolute Gasteiger partial charge is 0.378 e. The molecular weight excluding hydrogens is 266 g/mol. The second-order valence-electron chi connectivity index (χ2n) is 4.95. The summed E-state index contributed by atoms with van der Waals surface area (Å²) in [5.74, 6) is 1.07. The number of anilines is 1. The van der Waals surface area contributed by atoms with E-state index < -0.39 is 0 Å². The molecule has 0 amide bonds. The van der Waals surface area contributed by atoms with Crippen molar-refractivity contribution in [1.82, 2.24) is 19.6 Å². The maximum absolute atomic E-state index is 11.8. The highest BCUT2D eigenvalue weighted by molar-refractivity contribution is 5.44. The lowest BCUT2D eigenvalue weighted by molar-refractivity contribution is 0.852. The number of hydrogen-bond acceptors (Lipinski definition) is 4. The Labute approximate surface area is 121 Å². The summed E-state index contributed by atoms with van der Waals surface area (Å²) in [7, 11) is 0. The van der Waals surface area contributed by atoms with Gasteiger partial charge in [0.15, 0.2) is 0 Å². The van der Waals surface area contributed by atoms with Crippen LogP contribution in [0.4, 0.5) is 5.69 Å². The number of nitrogens with zero attached hydrogens (tertiary/aromatic N) is 3. The van der Waals surface area contributed by atoms with Gasteiger partial charge in [-0.25, -0.2) is 4.98 Å². The van der Waals surface area contributed by atoms with Crippen molar-refractivity contribution in [1.29, 1.82) is 0 Å². The van der Waals surface area contributed by atoms with Gasteiger partial charge in [-0.2, -0.15) is 9.50 Å². The molecule has 0 saturated carbocycles. The smallest absolute Gasteiger partial charge is 0.274 e. The van der Waals surface area contributed by atoms with Gasteiger partial charge in [0.1, 0.15) is 5.82 Å². The quantitative estimate of drug-likeness (QED) is 0.767. The van der Waals surface area contributed by atoms with Crippen LogP contribution in [-0.4, -0.2) is 19.6 Å². The minimum atomic E-state index is -0.149. The number of nitrogens with one attached hydrogen (secondary N) is 2. The van der Waals surface area contributed by atoms with Crippen LogP contribution in [0.3, 0.4) is 0 Å². The number of benzene rings is 1. The third-order valence-corrected chi connectivity index (χ3v) is 3.33. The van der Waals surface area contributed by atoms with Gasteiger partial charge in [-0.05, 0) is 31.0 Å². The number of rotatable bonds is 4. The van der Waals surface area contributed by atoms with Crippen molar-refractivity contribution in [3.63, 3.8) is 0 Å². The zero-order valence-corrected chi connectivity index (χ0v) is 12.1. The molecule has 0 unspecified atom stereocenters. The average molecular weight is 283 g/mol. The zero-order valence-electron chi connectivity index (χ0n) is 12.1. The normalized spacial score (nSPS) is 11.0. The Morgan fingerprint density at radius 1 is 1.24 bits per heavy atom. The Hall–Kier alpha value is -2.63. The predicted molar refractivity (Wildman–Crippen MR) is 81.5 cm³/mol. The van der Waals surface area contributed by atoms with Crippen LogP contribution in [-0.2, 0) is 13.0 Å². The van der Waals surface area contributed by atoms with Crippen LogP contribution in [0.25, 0.3) is 5.78 Å². The fourth-order valence-electron chi connectivity index (χ4n) is 2.16. The molecule has 6 nitrogen and oxygen atoms in total. The van der Waals surface area contributed by atoms with Gasteiger partial charge in [-0.3, -0.25) is 9.89 Å². The fraction of sp³-hybridized carbons (Fsp3) is 0.267. The SMILES string of the molecule is CCc1ccc(NCc2nc3nc(C)cc(=O)n3[nH]2)cc1. The van der Waals surface area contributed by atoms with Crippen molar-refractivity contribution >= 4 is 11.5 Å². The van der Waals surface area contributed by atoms with Gasteiger partial charge >= 0.3 is 0 Å². The molecule has 3 rings (SSSR count). The first-order chi connectivity index (χ1) is 10.2. The monoisotopic (exact) mass is 283 g/mol. The van der Waals surface area contributed by atoms with Gasteiger partial charge in [0.25, 0.3) is 11.3 Å². The minimum absolute atomic E-state index is 0.149. The van der Waals surface area contributed by atoms with E-state index in [1.807, 2.05) is 12.1 Å². The molecule has 0 aliphatic heterocycles. The number of aromatic amines is 1. The van der Waals surface area contributed by atoms with Gasteiger partial charge in [-0.15, -0.1) is 0 Å². The molecule has 21 heavy (non-hydrogen) atoms. The number of aryl methyl sites for hydroxylation is 2. The first kappa shape index (κ1) is 13.4. The second kappa shape index (κ2) is 5.40. The first-order valence-electron chi connectivity index (χ1n) is 6.94. The summed E-state index contributed by atoms with van der Waals surface area (Å²) >= 11 is 0. The summed E-state index contributed by atoms with van der Waals surface area (Å²) in [6.45, 7) is 4.42. The van der Waals surface area contributed by atoms with Crippen LogP contribution in [0.1, 0.15) is 24.0 Å². The molecule has 108 valence electrons. The zero-order chi connectivity index (χ0) is 14.8. The minimum Gasteiger partial charge on any atom is -0.378 e. The Morgan fingerprint density at radius 2 is 2.00 bits per heavy atom. The average Bonchev–Trinajstić information content (AvgIpc) is 2.89. The van der Waals surface area contributed by atoms with E-state index in [-0.39, 0.29) is 5.56 Å². The van der Waals surface area contributed by atoms with Crippen molar-refractivity contribution < 1.29 is 0 Å². The molecule has 0 aliphatic carbocycles. The van der Waals surface area contributed by atoms with Gasteiger partial charge in [0.2, 0.25) is 0 Å². The lowest BCUT2D eigenvalue weighted by atomic mass is 10.1. The van der Waals surface area contributed by atoms with E-state index >= 15 is 0 Å². The highest BCUT2D eigenvalue weighted by Crippen LogP contribution is 2.10. The lowest BCUT2D eigenvalue weighted by Gasteiger charge is -2.04. The number of H-pyrrole nitrogens is 1. The van der Waals surface area contributed by atoms with Crippen LogP contribution < -0.4 is 10.9 Å². The van der Waals surface area contributed by atoms with Crippen LogP contribution in [0.5, 0.6) is 0 Å². The molecule has 0 radical (unpaired) electrons. The highest BCUT2D eigenvalue weighted by atomic mass is 16.1. The van der Waals surface area contributed by atoms with Gasteiger partial charge in [0.05, 0.1) is 6.54 Å². The Balaban J connectivity index is 1.78. The molecule has 0 atom stereocenters. The third-order valence-electron chi connectivity index (χ3n) is 3.33. The maximum atomic E-state index is 11.8. The summed E-state index contributed by atoms with van der Waals surface area (Å²) < 4.78 is 1.35. The summed E-state index contributed by atoms with van der Waals surface area (Å²) in [4.78, 5) is 20.3. The van der Waals surface area contributed by atoms with E-state index in [0.717, 1.165) is 12.1 Å². The molecule has 0 spiro atoms. The highest BCUT2D eigenvalue weighted by Gasteiger charge is 2.06. The van der Waals surface area contributed by atoms with E-state index in [0.29, 0.717) is 23.8 Å². The van der Waals surface area contributed by atoms with Crippen LogP contribution in [0, 0.1) is 6.92 Å². The molecule has 3 aromatic rings. The predicted octanol–water partition coefficient (Wildman–Crippen LogP) is 1.90. The van der Waals surface area contributed by atoms with Crippen LogP contribution in [0.15, 0.2) is 35.1 Å². The molecule has 2 aromatic heterocycles. The number of aromatic nitrogens is 4.